The highest BCUT2D eigenvalue weighted by atomic mass is 16.4. The highest BCUT2D eigenvalue weighted by molar-refractivity contribution is 5.86. The molecule has 4 N–H and O–H groups in total. The first-order valence-electron chi connectivity index (χ1n) is 6.24. The van der Waals surface area contributed by atoms with Gasteiger partial charge in [-0.25, -0.2) is 9.59 Å². The lowest BCUT2D eigenvalue weighted by Crippen LogP contribution is -2.49. The van der Waals surface area contributed by atoms with Crippen LogP contribution in [0.1, 0.15) is 40.0 Å². The van der Waals surface area contributed by atoms with E-state index in [9.17, 15) is 14.4 Å². The van der Waals surface area contributed by atoms with E-state index in [1.54, 1.807) is 0 Å². The number of carbonyl (C=O) groups excluding carboxylic acids is 1. The summed E-state index contributed by atoms with van der Waals surface area (Å²) in [6.07, 6.45) is 1.07. The maximum Gasteiger partial charge on any atom is 0.326 e. The van der Waals surface area contributed by atoms with Crippen LogP contribution < -0.4 is 10.6 Å². The van der Waals surface area contributed by atoms with Crippen molar-refractivity contribution in [3.8, 4) is 0 Å². The molecule has 0 aromatic rings. The molecule has 2 atom stereocenters. The molecule has 0 fully saturated rings. The van der Waals surface area contributed by atoms with Crippen LogP contribution in [0.3, 0.4) is 0 Å². The average Bonchev–Trinajstić information content (AvgIpc) is 2.24. The van der Waals surface area contributed by atoms with Gasteiger partial charge in [0.25, 0.3) is 0 Å². The van der Waals surface area contributed by atoms with Crippen LogP contribution in [0.5, 0.6) is 0 Å². The van der Waals surface area contributed by atoms with Gasteiger partial charge in [-0.1, -0.05) is 13.8 Å². The molecule has 0 aliphatic carbocycles. The van der Waals surface area contributed by atoms with Gasteiger partial charge in [0.15, 0.2) is 0 Å². The third-order valence-electron chi connectivity index (χ3n) is 2.54. The molecule has 0 aliphatic heterocycles. The summed E-state index contributed by atoms with van der Waals surface area (Å²) >= 11 is 0. The van der Waals surface area contributed by atoms with Gasteiger partial charge in [-0.05, 0) is 25.7 Å². The van der Waals surface area contributed by atoms with Crippen molar-refractivity contribution in [2.75, 3.05) is 0 Å². The summed E-state index contributed by atoms with van der Waals surface area (Å²) in [4.78, 5) is 32.7. The number of carboxylic acid groups (broad SMARTS) is 2. The maximum absolute atomic E-state index is 11.5. The summed E-state index contributed by atoms with van der Waals surface area (Å²) in [5.74, 6) is -2.13. The summed E-state index contributed by atoms with van der Waals surface area (Å²) in [5, 5.41) is 22.0. The lowest BCUT2D eigenvalue weighted by atomic mass is 10.0. The number of amides is 2. The molecule has 19 heavy (non-hydrogen) atoms. The third kappa shape index (κ3) is 8.87. The minimum atomic E-state index is -1.42. The fourth-order valence-corrected chi connectivity index (χ4v) is 1.45. The Morgan fingerprint density at radius 2 is 1.58 bits per heavy atom. The molecule has 0 aromatic carbocycles. The predicted octanol–water partition coefficient (Wildman–Crippen LogP) is 1.04. The topological polar surface area (TPSA) is 116 Å². The number of carbonyl (C=O) groups is 3. The highest BCUT2D eigenvalue weighted by Crippen LogP contribution is 2.06. The van der Waals surface area contributed by atoms with Crippen LogP contribution in [0.4, 0.5) is 4.79 Å². The zero-order chi connectivity index (χ0) is 15.0. The van der Waals surface area contributed by atoms with Gasteiger partial charge in [-0.3, -0.25) is 4.79 Å². The monoisotopic (exact) mass is 274 g/mol. The van der Waals surface area contributed by atoms with E-state index in [1.165, 1.54) is 0 Å². The largest absolute Gasteiger partial charge is 0.481 e. The number of hydrogen-bond donors (Lipinski definition) is 4. The Morgan fingerprint density at radius 1 is 1.00 bits per heavy atom. The van der Waals surface area contributed by atoms with Gasteiger partial charge in [0.05, 0.1) is 6.42 Å². The van der Waals surface area contributed by atoms with Gasteiger partial charge in [-0.2, -0.15) is 0 Å². The van der Waals surface area contributed by atoms with Crippen LogP contribution in [-0.2, 0) is 9.59 Å². The molecule has 0 aromatic heterocycles. The summed E-state index contributed by atoms with van der Waals surface area (Å²) in [5.41, 5.74) is 0. The van der Waals surface area contributed by atoms with Crippen molar-refractivity contribution in [1.82, 2.24) is 10.6 Å². The molecule has 0 bridgehead atoms. The number of carboxylic acids is 2. The third-order valence-corrected chi connectivity index (χ3v) is 2.54. The fourth-order valence-electron chi connectivity index (χ4n) is 1.45. The van der Waals surface area contributed by atoms with E-state index >= 15 is 0 Å². The Hall–Kier alpha value is -1.79. The van der Waals surface area contributed by atoms with E-state index in [4.69, 9.17) is 10.2 Å². The van der Waals surface area contributed by atoms with Crippen LogP contribution in [0.25, 0.3) is 0 Å². The Bertz CT molecular complexity index is 330. The Labute approximate surface area is 112 Å². The van der Waals surface area contributed by atoms with E-state index in [0.717, 1.165) is 12.8 Å². The molecular formula is C12H22N2O5. The van der Waals surface area contributed by atoms with Gasteiger partial charge in [0.2, 0.25) is 0 Å². The zero-order valence-corrected chi connectivity index (χ0v) is 11.5. The minimum absolute atomic E-state index is 0.0957. The lowest BCUT2D eigenvalue weighted by Gasteiger charge is -2.18. The number of nitrogens with one attached hydrogen (secondary N) is 2. The molecule has 2 amide bonds. The van der Waals surface area contributed by atoms with Crippen molar-refractivity contribution in [2.45, 2.75) is 52.1 Å². The molecule has 0 saturated heterocycles. The average molecular weight is 274 g/mol. The van der Waals surface area contributed by atoms with Gasteiger partial charge < -0.3 is 20.8 Å². The van der Waals surface area contributed by atoms with E-state index in [2.05, 4.69) is 24.5 Å². The summed E-state index contributed by atoms with van der Waals surface area (Å²) in [7, 11) is 0. The summed E-state index contributed by atoms with van der Waals surface area (Å²) < 4.78 is 0. The van der Waals surface area contributed by atoms with Crippen LogP contribution in [0, 0.1) is 5.92 Å². The second kappa shape index (κ2) is 8.34. The second-order valence-corrected chi connectivity index (χ2v) is 4.98. The molecular weight excluding hydrogens is 252 g/mol. The van der Waals surface area contributed by atoms with Crippen molar-refractivity contribution in [2.24, 2.45) is 5.92 Å². The van der Waals surface area contributed by atoms with Crippen molar-refractivity contribution < 1.29 is 24.6 Å². The molecule has 0 heterocycles. The highest BCUT2D eigenvalue weighted by Gasteiger charge is 2.23. The zero-order valence-electron chi connectivity index (χ0n) is 11.5. The van der Waals surface area contributed by atoms with E-state index in [0.29, 0.717) is 5.92 Å². The fraction of sp³-hybridized carbons (Fsp3) is 0.750. The van der Waals surface area contributed by atoms with Crippen molar-refractivity contribution in [3.05, 3.63) is 0 Å². The first-order valence-corrected chi connectivity index (χ1v) is 6.24. The standard InChI is InChI=1S/C12H22N2O5/c1-7(2)4-5-8(3)13-12(19)14-9(11(17)18)6-10(15)16/h7-9H,4-6H2,1-3H3,(H,15,16)(H,17,18)(H2,13,14,19)/t8?,9-/m1/s1. The predicted molar refractivity (Wildman–Crippen MR) is 68.9 cm³/mol. The van der Waals surface area contributed by atoms with Gasteiger partial charge in [0.1, 0.15) is 6.04 Å². The van der Waals surface area contributed by atoms with E-state index < -0.39 is 30.4 Å². The first kappa shape index (κ1) is 17.2. The first-order chi connectivity index (χ1) is 8.72. The minimum Gasteiger partial charge on any atom is -0.481 e. The van der Waals surface area contributed by atoms with Crippen molar-refractivity contribution >= 4 is 18.0 Å². The summed E-state index contributed by atoms with van der Waals surface area (Å²) in [6, 6.07) is -2.18. The van der Waals surface area contributed by atoms with E-state index in [1.807, 2.05) is 6.92 Å². The summed E-state index contributed by atoms with van der Waals surface area (Å²) in [6.45, 7) is 5.95. The lowest BCUT2D eigenvalue weighted by molar-refractivity contribution is -0.145. The Morgan fingerprint density at radius 3 is 2.00 bits per heavy atom. The van der Waals surface area contributed by atoms with E-state index in [-0.39, 0.29) is 6.04 Å². The smallest absolute Gasteiger partial charge is 0.326 e. The number of hydrogen-bond acceptors (Lipinski definition) is 3. The number of urea groups is 1. The van der Waals surface area contributed by atoms with Crippen LogP contribution in [0.2, 0.25) is 0 Å². The van der Waals surface area contributed by atoms with Gasteiger partial charge >= 0.3 is 18.0 Å². The van der Waals surface area contributed by atoms with Crippen LogP contribution in [-0.4, -0.2) is 40.3 Å². The number of rotatable bonds is 8. The molecule has 0 aliphatic rings. The molecule has 0 radical (unpaired) electrons. The molecule has 110 valence electrons. The Balaban J connectivity index is 4.18. The SMILES string of the molecule is CC(C)CCC(C)NC(=O)N[C@H](CC(=O)O)C(=O)O. The van der Waals surface area contributed by atoms with Crippen molar-refractivity contribution in [1.29, 1.82) is 0 Å². The van der Waals surface area contributed by atoms with Gasteiger partial charge in [0, 0.05) is 6.04 Å². The number of aliphatic carboxylic acids is 2. The van der Waals surface area contributed by atoms with Gasteiger partial charge in [-0.15, -0.1) is 0 Å². The molecule has 0 saturated carbocycles. The molecule has 7 nitrogen and oxygen atoms in total. The normalized spacial score (nSPS) is 13.7. The molecule has 0 rings (SSSR count). The second-order valence-electron chi connectivity index (χ2n) is 4.98. The van der Waals surface area contributed by atoms with Crippen LogP contribution >= 0.6 is 0 Å². The molecule has 7 heteroatoms. The van der Waals surface area contributed by atoms with Crippen molar-refractivity contribution in [3.63, 3.8) is 0 Å². The molecule has 1 unspecified atom stereocenters. The quantitative estimate of drug-likeness (QED) is 0.527. The maximum atomic E-state index is 11.5. The Kier molecular flexibility index (Phi) is 7.55. The van der Waals surface area contributed by atoms with Crippen LogP contribution in [0.15, 0.2) is 0 Å². The molecule has 0 spiro atoms.